The third-order valence-electron chi connectivity index (χ3n) is 9.52. The van der Waals surface area contributed by atoms with E-state index >= 15 is 0 Å². The average molecular weight is 706 g/mol. The molecule has 2 fully saturated rings. The lowest BCUT2D eigenvalue weighted by atomic mass is 9.90. The number of nitrogens with zero attached hydrogens (tertiary/aromatic N) is 2. The summed E-state index contributed by atoms with van der Waals surface area (Å²) in [5.41, 5.74) is -0.830. The van der Waals surface area contributed by atoms with Gasteiger partial charge in [0.1, 0.15) is 40.7 Å². The zero-order valence-corrected chi connectivity index (χ0v) is 30.3. The molecular weight excluding hydrogens is 658 g/mol. The smallest absolute Gasteiger partial charge is 0.409 e. The number of ether oxygens (including phenoxy) is 5. The maximum Gasteiger partial charge on any atom is 0.409 e. The van der Waals surface area contributed by atoms with Gasteiger partial charge < -0.3 is 38.6 Å². The van der Waals surface area contributed by atoms with Gasteiger partial charge in [0, 0.05) is 40.0 Å². The van der Waals surface area contributed by atoms with Gasteiger partial charge in [-0.1, -0.05) is 49.2 Å². The summed E-state index contributed by atoms with van der Waals surface area (Å²) in [6.07, 6.45) is 1.25. The predicted octanol–water partition coefficient (Wildman–Crippen LogP) is 3.92. The number of esters is 1. The largest absolute Gasteiger partial charge is 0.495 e. The van der Waals surface area contributed by atoms with Crippen LogP contribution < -0.4 is 15.0 Å². The molecule has 49 heavy (non-hydrogen) atoms. The van der Waals surface area contributed by atoms with E-state index in [1.165, 1.54) is 31.1 Å². The Morgan fingerprint density at radius 1 is 1.20 bits per heavy atom. The van der Waals surface area contributed by atoms with Crippen LogP contribution in [0.1, 0.15) is 59.4 Å². The van der Waals surface area contributed by atoms with Gasteiger partial charge in [-0.25, -0.2) is 9.59 Å². The maximum atomic E-state index is 14.0. The maximum absolute atomic E-state index is 14.0. The normalized spacial score (nSPS) is 31.3. The summed E-state index contributed by atoms with van der Waals surface area (Å²) in [5, 5.41) is 14.3. The van der Waals surface area contributed by atoms with Crippen LogP contribution in [0, 0.1) is 5.92 Å². The lowest BCUT2D eigenvalue weighted by molar-refractivity contribution is -0.162. The van der Waals surface area contributed by atoms with E-state index < -0.39 is 59.8 Å². The first-order valence-corrected chi connectivity index (χ1v) is 16.7. The topological polar surface area (TPSA) is 156 Å². The minimum Gasteiger partial charge on any atom is -0.495 e. The van der Waals surface area contributed by atoms with Gasteiger partial charge in [-0.15, -0.1) is 0 Å². The molecule has 0 spiro atoms. The van der Waals surface area contributed by atoms with Gasteiger partial charge in [-0.2, -0.15) is 0 Å². The molecule has 3 heterocycles. The zero-order chi connectivity index (χ0) is 36.4. The van der Waals surface area contributed by atoms with Gasteiger partial charge in [0.15, 0.2) is 5.72 Å². The molecule has 3 aliphatic heterocycles. The van der Waals surface area contributed by atoms with Crippen LogP contribution in [0.15, 0.2) is 35.9 Å². The molecule has 4 bridgehead atoms. The number of likely N-dealkylation sites (N-methyl/N-ethyl adjacent to an activating group) is 1. The molecule has 3 amide bonds. The molecule has 0 aliphatic carbocycles. The summed E-state index contributed by atoms with van der Waals surface area (Å²) in [6.45, 7) is 8.64. The molecule has 2 N–H and O–H groups in total. The van der Waals surface area contributed by atoms with Crippen molar-refractivity contribution in [1.82, 2.24) is 10.2 Å². The summed E-state index contributed by atoms with van der Waals surface area (Å²) >= 11 is 6.72. The van der Waals surface area contributed by atoms with E-state index in [0.717, 1.165) is 11.1 Å². The first-order valence-electron chi connectivity index (χ1n) is 16.3. The molecule has 7 atom stereocenters. The molecule has 2 saturated heterocycles. The Morgan fingerprint density at radius 2 is 1.90 bits per heavy atom. The molecule has 1 aromatic rings. The molecule has 3 aliphatic rings. The summed E-state index contributed by atoms with van der Waals surface area (Å²) in [4.78, 5) is 55.5. The highest BCUT2D eigenvalue weighted by molar-refractivity contribution is 6.35. The van der Waals surface area contributed by atoms with Crippen LogP contribution in [-0.4, -0.2) is 104 Å². The van der Waals surface area contributed by atoms with Crippen molar-refractivity contribution in [3.05, 3.63) is 46.5 Å². The number of carbonyl (C=O) groups is 4. The number of anilines is 1. The molecule has 0 aromatic heterocycles. The number of fused-ring (bicyclic) bond motifs is 5. The van der Waals surface area contributed by atoms with Crippen molar-refractivity contribution in [3.63, 3.8) is 0 Å². The lowest BCUT2D eigenvalue weighted by Crippen LogP contribution is -2.62. The number of halogens is 1. The molecule has 14 heteroatoms. The van der Waals surface area contributed by atoms with E-state index in [-0.39, 0.29) is 36.1 Å². The fraction of sp³-hybridized carbons (Fsp3) is 0.600. The standard InChI is InChI=1S/C35H48ClN3O10/c1-19(2)31(41)38(6)21(4)32(42)48-27-17-29(40)39(7)24-14-22(15-25(45-8)30(24)36)13-20(3)11-10-12-26(46-9)35(44)18-23(47-33(43)37-35)16-28-34(27,5)49-28/h10-12,14-15,19,21,23,26-28,44H,13,16-18H2,1-9H3,(H,37,43)/b12-10+,20-11+/t21-,23+,26+,27-,28-,34-,35-/m0/s1. The minimum absolute atomic E-state index is 0.0321. The van der Waals surface area contributed by atoms with Crippen LogP contribution in [0.25, 0.3) is 0 Å². The molecule has 4 rings (SSSR count). The van der Waals surface area contributed by atoms with Crippen molar-refractivity contribution >= 4 is 41.2 Å². The second kappa shape index (κ2) is 15.1. The number of allylic oxidation sites excluding steroid dienone is 3. The molecule has 13 nitrogen and oxygen atoms in total. The Bertz CT molecular complexity index is 1510. The number of benzene rings is 1. The highest BCUT2D eigenvalue weighted by Gasteiger charge is 2.61. The Kier molecular flexibility index (Phi) is 11.7. The third kappa shape index (κ3) is 8.39. The highest BCUT2D eigenvalue weighted by Crippen LogP contribution is 2.47. The fourth-order valence-electron chi connectivity index (χ4n) is 6.25. The van der Waals surface area contributed by atoms with Gasteiger partial charge >= 0.3 is 12.1 Å². The first-order chi connectivity index (χ1) is 22.9. The van der Waals surface area contributed by atoms with E-state index in [9.17, 15) is 24.3 Å². The summed E-state index contributed by atoms with van der Waals surface area (Å²) in [7, 11) is 6.01. The van der Waals surface area contributed by atoms with E-state index in [1.807, 2.05) is 13.0 Å². The predicted molar refractivity (Wildman–Crippen MR) is 181 cm³/mol. The molecule has 1 aromatic carbocycles. The van der Waals surface area contributed by atoms with Crippen molar-refractivity contribution in [1.29, 1.82) is 0 Å². The Balaban J connectivity index is 1.75. The first kappa shape index (κ1) is 38.2. The van der Waals surface area contributed by atoms with E-state index in [2.05, 4.69) is 5.32 Å². The van der Waals surface area contributed by atoms with Crippen molar-refractivity contribution in [2.75, 3.05) is 33.2 Å². The van der Waals surface area contributed by atoms with Crippen molar-refractivity contribution in [2.45, 2.75) is 102 Å². The van der Waals surface area contributed by atoms with Gasteiger partial charge in [-0.3, -0.25) is 14.9 Å². The van der Waals surface area contributed by atoms with Gasteiger partial charge in [-0.05, 0) is 44.9 Å². The number of nitrogens with one attached hydrogen (secondary N) is 1. The van der Waals surface area contributed by atoms with Crippen LogP contribution in [0.3, 0.4) is 0 Å². The third-order valence-corrected chi connectivity index (χ3v) is 9.90. The Labute approximate surface area is 292 Å². The number of rotatable bonds is 6. The number of methoxy groups -OCH3 is 2. The van der Waals surface area contributed by atoms with Crippen LogP contribution in [0.5, 0.6) is 5.75 Å². The number of hydrogen-bond acceptors (Lipinski definition) is 10. The molecule has 0 unspecified atom stereocenters. The lowest BCUT2D eigenvalue weighted by Gasteiger charge is -2.40. The van der Waals surface area contributed by atoms with Crippen molar-refractivity contribution in [2.24, 2.45) is 5.92 Å². The minimum atomic E-state index is -1.80. The number of carbonyl (C=O) groups excluding carboxylic acids is 4. The number of alkyl carbamates (subject to hydrolysis) is 1. The Hall–Kier alpha value is -3.65. The van der Waals surface area contributed by atoms with E-state index in [4.69, 9.17) is 35.3 Å². The number of amides is 3. The SMILES string of the molecule is COc1cc2cc(c1Cl)N(C)C(=O)C[C@H](OC(=O)[C@H](C)N(C)C(=O)C(C)C)[C@]1(C)O[C@H]1C[C@@H]1C[C@@](O)(NC(=O)O1)[C@H](OC)/C=C/C=C(\C)C2. The van der Waals surface area contributed by atoms with E-state index in [1.54, 1.807) is 59.0 Å². The summed E-state index contributed by atoms with van der Waals surface area (Å²) < 4.78 is 28.8. The second-order valence-corrected chi connectivity index (χ2v) is 13.9. The van der Waals surface area contributed by atoms with Crippen molar-refractivity contribution < 1.29 is 48.0 Å². The molecule has 0 radical (unpaired) electrons. The second-order valence-electron chi connectivity index (χ2n) is 13.5. The van der Waals surface area contributed by atoms with Crippen LogP contribution in [-0.2, 0) is 39.8 Å². The van der Waals surface area contributed by atoms with E-state index in [0.29, 0.717) is 17.9 Å². The van der Waals surface area contributed by atoms with Crippen LogP contribution >= 0.6 is 11.6 Å². The number of aliphatic hydroxyl groups is 1. The quantitative estimate of drug-likeness (QED) is 0.329. The number of epoxide rings is 1. The van der Waals surface area contributed by atoms with Gasteiger partial charge in [0.05, 0.1) is 25.3 Å². The summed E-state index contributed by atoms with van der Waals surface area (Å²) in [5.74, 6) is -1.36. The van der Waals surface area contributed by atoms with Gasteiger partial charge in [0.25, 0.3) is 0 Å². The number of hydrogen-bond donors (Lipinski definition) is 2. The zero-order valence-electron chi connectivity index (χ0n) is 29.6. The molecule has 0 saturated carbocycles. The van der Waals surface area contributed by atoms with Crippen molar-refractivity contribution in [3.8, 4) is 5.75 Å². The Morgan fingerprint density at radius 3 is 2.53 bits per heavy atom. The molecular formula is C35H48ClN3O10. The van der Waals surface area contributed by atoms with Crippen LogP contribution in [0.4, 0.5) is 10.5 Å². The average Bonchev–Trinajstić information content (AvgIpc) is 3.69. The monoisotopic (exact) mass is 705 g/mol. The van der Waals surface area contributed by atoms with Gasteiger partial charge in [0.2, 0.25) is 11.8 Å². The molecule has 270 valence electrons. The fourth-order valence-corrected chi connectivity index (χ4v) is 6.56. The van der Waals surface area contributed by atoms with Crippen LogP contribution in [0.2, 0.25) is 5.02 Å². The highest BCUT2D eigenvalue weighted by atomic mass is 35.5. The summed E-state index contributed by atoms with van der Waals surface area (Å²) in [6, 6.07) is 2.63.